The molecule has 0 spiro atoms. The van der Waals surface area contributed by atoms with E-state index in [1.54, 1.807) is 0 Å². The Labute approximate surface area is 172 Å². The van der Waals surface area contributed by atoms with Crippen molar-refractivity contribution >= 4 is 12.0 Å². The summed E-state index contributed by atoms with van der Waals surface area (Å²) in [7, 11) is 0. The molecule has 1 saturated heterocycles. The van der Waals surface area contributed by atoms with E-state index in [4.69, 9.17) is 4.42 Å². The molecule has 2 heterocycles. The predicted octanol–water partition coefficient (Wildman–Crippen LogP) is 2.01. The quantitative estimate of drug-likeness (QED) is 0.672. The molecular weight excluding hydrogens is 368 g/mol. The maximum absolute atomic E-state index is 12.0. The molecule has 0 unspecified atom stereocenters. The van der Waals surface area contributed by atoms with Crippen LogP contribution in [0, 0.1) is 0 Å². The van der Waals surface area contributed by atoms with Crippen LogP contribution in [0.1, 0.15) is 35.3 Å². The monoisotopic (exact) mass is 398 g/mol. The molecule has 156 valence electrons. The normalized spacial score (nSPS) is 16.9. The lowest BCUT2D eigenvalue weighted by Gasteiger charge is -2.33. The molecule has 1 aliphatic heterocycles. The van der Waals surface area contributed by atoms with Gasteiger partial charge in [0.25, 0.3) is 5.91 Å². The molecule has 2 aromatic rings. The van der Waals surface area contributed by atoms with Crippen molar-refractivity contribution in [2.75, 3.05) is 39.3 Å². The zero-order valence-corrected chi connectivity index (χ0v) is 17.0. The molecule has 0 bridgehead atoms. The lowest BCUT2D eigenvalue weighted by atomic mass is 10.2. The molecule has 2 N–H and O–H groups in total. The zero-order valence-electron chi connectivity index (χ0n) is 17.0. The summed E-state index contributed by atoms with van der Waals surface area (Å²) in [6.07, 6.45) is 5.81. The van der Waals surface area contributed by atoms with Gasteiger partial charge >= 0.3 is 0 Å². The van der Waals surface area contributed by atoms with Gasteiger partial charge in [-0.2, -0.15) is 0 Å². The maximum Gasteiger partial charge on any atom is 0.273 e. The Bertz CT molecular complexity index is 782. The fourth-order valence-corrected chi connectivity index (χ4v) is 3.16. The molecule has 3 rings (SSSR count). The van der Waals surface area contributed by atoms with E-state index in [2.05, 4.69) is 44.4 Å². The number of nitrogens with one attached hydrogen (secondary N) is 1. The highest BCUT2D eigenvalue weighted by molar-refractivity contribution is 5.91. The van der Waals surface area contributed by atoms with Gasteiger partial charge in [0.2, 0.25) is 5.89 Å². The van der Waals surface area contributed by atoms with Gasteiger partial charge in [0.15, 0.2) is 5.69 Å². The van der Waals surface area contributed by atoms with Gasteiger partial charge in [0, 0.05) is 39.3 Å². The first kappa shape index (κ1) is 21.2. The van der Waals surface area contributed by atoms with Crippen molar-refractivity contribution in [1.29, 1.82) is 0 Å². The lowest BCUT2D eigenvalue weighted by molar-refractivity contribution is 0.0908. The standard InChI is InChI=1S/C22H30N4O3/c1-2-19(27)15-23-22(28)20-17-29-21(24-20)16-26-13-11-25(12-14-26)10-6-9-18-7-4-3-5-8-18/h3-9,17,19,27H,2,10-16H2,1H3,(H,23,28)/b9-6+/t19-/m0/s1. The van der Waals surface area contributed by atoms with Crippen LogP contribution >= 0.6 is 0 Å². The van der Waals surface area contributed by atoms with Crippen LogP contribution in [0.4, 0.5) is 0 Å². The third kappa shape index (κ3) is 6.81. The Kier molecular flexibility index (Phi) is 7.98. The van der Waals surface area contributed by atoms with Crippen LogP contribution in [0.3, 0.4) is 0 Å². The fourth-order valence-electron chi connectivity index (χ4n) is 3.16. The average Bonchev–Trinajstić information content (AvgIpc) is 3.22. The Morgan fingerprint density at radius 3 is 2.69 bits per heavy atom. The Hall–Kier alpha value is -2.48. The van der Waals surface area contributed by atoms with Crippen LogP contribution in [0.5, 0.6) is 0 Å². The van der Waals surface area contributed by atoms with Gasteiger partial charge in [-0.15, -0.1) is 0 Å². The first-order valence-corrected chi connectivity index (χ1v) is 10.2. The van der Waals surface area contributed by atoms with E-state index in [-0.39, 0.29) is 18.1 Å². The Morgan fingerprint density at radius 1 is 1.24 bits per heavy atom. The molecule has 0 radical (unpaired) electrons. The van der Waals surface area contributed by atoms with Crippen LogP contribution in [-0.2, 0) is 6.54 Å². The smallest absolute Gasteiger partial charge is 0.273 e. The van der Waals surface area contributed by atoms with E-state index in [0.29, 0.717) is 18.9 Å². The summed E-state index contributed by atoms with van der Waals surface area (Å²) < 4.78 is 5.46. The highest BCUT2D eigenvalue weighted by Crippen LogP contribution is 2.10. The van der Waals surface area contributed by atoms with Gasteiger partial charge in [0.1, 0.15) is 6.26 Å². The zero-order chi connectivity index (χ0) is 20.5. The SMILES string of the molecule is CC[C@H](O)CNC(=O)c1coc(CN2CCN(C/C=C/c3ccccc3)CC2)n1. The van der Waals surface area contributed by atoms with Crippen molar-refractivity contribution in [3.05, 3.63) is 59.8 Å². The largest absolute Gasteiger partial charge is 0.447 e. The third-order valence-corrected chi connectivity index (χ3v) is 5.05. The van der Waals surface area contributed by atoms with Gasteiger partial charge in [0.05, 0.1) is 12.6 Å². The van der Waals surface area contributed by atoms with Crippen molar-refractivity contribution in [3.63, 3.8) is 0 Å². The number of aliphatic hydroxyl groups excluding tert-OH is 1. The maximum atomic E-state index is 12.0. The van der Waals surface area contributed by atoms with Gasteiger partial charge in [-0.3, -0.25) is 14.6 Å². The van der Waals surface area contributed by atoms with E-state index in [1.807, 2.05) is 25.1 Å². The minimum atomic E-state index is -0.538. The number of oxazole rings is 1. The lowest BCUT2D eigenvalue weighted by Crippen LogP contribution is -2.45. The molecule has 1 fully saturated rings. The van der Waals surface area contributed by atoms with Crippen LogP contribution < -0.4 is 5.32 Å². The summed E-state index contributed by atoms with van der Waals surface area (Å²) in [5.74, 6) is 0.228. The van der Waals surface area contributed by atoms with Gasteiger partial charge < -0.3 is 14.8 Å². The molecule has 1 aromatic heterocycles. The molecule has 1 amide bonds. The number of carbonyl (C=O) groups excluding carboxylic acids is 1. The molecule has 0 saturated carbocycles. The number of carbonyl (C=O) groups is 1. The molecule has 1 atom stereocenters. The highest BCUT2D eigenvalue weighted by Gasteiger charge is 2.19. The van der Waals surface area contributed by atoms with Crippen LogP contribution in [0.25, 0.3) is 6.08 Å². The van der Waals surface area contributed by atoms with Gasteiger partial charge in [-0.25, -0.2) is 4.98 Å². The van der Waals surface area contributed by atoms with E-state index in [9.17, 15) is 9.90 Å². The summed E-state index contributed by atoms with van der Waals surface area (Å²) in [5.41, 5.74) is 1.48. The topological polar surface area (TPSA) is 81.8 Å². The van der Waals surface area contributed by atoms with Crippen molar-refractivity contribution in [2.24, 2.45) is 0 Å². The molecule has 1 aliphatic rings. The number of hydrogen-bond donors (Lipinski definition) is 2. The second-order valence-corrected chi connectivity index (χ2v) is 7.29. The van der Waals surface area contributed by atoms with E-state index in [1.165, 1.54) is 11.8 Å². The molecule has 7 nitrogen and oxygen atoms in total. The number of aromatic nitrogens is 1. The third-order valence-electron chi connectivity index (χ3n) is 5.05. The molecule has 29 heavy (non-hydrogen) atoms. The van der Waals surface area contributed by atoms with Crippen molar-refractivity contribution in [1.82, 2.24) is 20.1 Å². The Morgan fingerprint density at radius 2 is 1.97 bits per heavy atom. The van der Waals surface area contributed by atoms with E-state index in [0.717, 1.165) is 32.7 Å². The first-order valence-electron chi connectivity index (χ1n) is 10.2. The highest BCUT2D eigenvalue weighted by atomic mass is 16.3. The number of amides is 1. The summed E-state index contributed by atoms with van der Waals surface area (Å²) in [6, 6.07) is 10.3. The van der Waals surface area contributed by atoms with Gasteiger partial charge in [-0.1, -0.05) is 49.4 Å². The second kappa shape index (κ2) is 10.9. The minimum Gasteiger partial charge on any atom is -0.447 e. The van der Waals surface area contributed by atoms with Crippen molar-refractivity contribution < 1.29 is 14.3 Å². The summed E-state index contributed by atoms with van der Waals surface area (Å²) in [6.45, 7) is 7.47. The fraction of sp³-hybridized carbons (Fsp3) is 0.455. The molecule has 0 aliphatic carbocycles. The molecule has 7 heteroatoms. The number of piperazine rings is 1. The Balaban J connectivity index is 1.39. The van der Waals surface area contributed by atoms with E-state index < -0.39 is 6.10 Å². The number of rotatable bonds is 9. The van der Waals surface area contributed by atoms with Crippen LogP contribution in [0.2, 0.25) is 0 Å². The van der Waals surface area contributed by atoms with Crippen LogP contribution in [0.15, 0.2) is 47.1 Å². The summed E-state index contributed by atoms with van der Waals surface area (Å²) in [4.78, 5) is 21.0. The number of nitrogens with zero attached hydrogens (tertiary/aromatic N) is 3. The van der Waals surface area contributed by atoms with Crippen molar-refractivity contribution in [2.45, 2.75) is 26.0 Å². The molecule has 1 aromatic carbocycles. The predicted molar refractivity (Wildman–Crippen MR) is 112 cm³/mol. The molecular formula is C22H30N4O3. The average molecular weight is 399 g/mol. The second-order valence-electron chi connectivity index (χ2n) is 7.29. The van der Waals surface area contributed by atoms with Crippen LogP contribution in [-0.4, -0.2) is 71.2 Å². The summed E-state index contributed by atoms with van der Waals surface area (Å²) in [5, 5.41) is 12.2. The van der Waals surface area contributed by atoms with Crippen molar-refractivity contribution in [3.8, 4) is 0 Å². The number of aliphatic hydroxyl groups is 1. The number of benzene rings is 1. The summed E-state index contributed by atoms with van der Waals surface area (Å²) >= 11 is 0. The van der Waals surface area contributed by atoms with Gasteiger partial charge in [-0.05, 0) is 12.0 Å². The minimum absolute atomic E-state index is 0.220. The first-order chi connectivity index (χ1) is 14.1. The number of hydrogen-bond acceptors (Lipinski definition) is 6. The van der Waals surface area contributed by atoms with E-state index >= 15 is 0 Å².